The van der Waals surface area contributed by atoms with Crippen LogP contribution < -0.4 is 10.6 Å². The lowest BCUT2D eigenvalue weighted by molar-refractivity contribution is 0.175. The highest BCUT2D eigenvalue weighted by Gasteiger charge is 2.27. The number of anilines is 2. The summed E-state index contributed by atoms with van der Waals surface area (Å²) in [7, 11) is 0. The van der Waals surface area contributed by atoms with Gasteiger partial charge in [-0.1, -0.05) is 0 Å². The van der Waals surface area contributed by atoms with E-state index in [1.807, 2.05) is 4.90 Å². The zero-order valence-electron chi connectivity index (χ0n) is 10.1. The summed E-state index contributed by atoms with van der Waals surface area (Å²) in [5, 5.41) is 9.45. The van der Waals surface area contributed by atoms with E-state index in [9.17, 15) is 9.50 Å². The second-order valence-corrected chi connectivity index (χ2v) is 4.79. The number of nitrogens with zero attached hydrogens (tertiary/aromatic N) is 1. The van der Waals surface area contributed by atoms with Crippen molar-refractivity contribution in [2.45, 2.75) is 38.3 Å². The Morgan fingerprint density at radius 1 is 1.59 bits per heavy atom. The van der Waals surface area contributed by atoms with Crippen molar-refractivity contribution in [3.63, 3.8) is 0 Å². The first-order valence-electron chi connectivity index (χ1n) is 6.07. The van der Waals surface area contributed by atoms with Crippen molar-refractivity contribution in [1.29, 1.82) is 0 Å². The van der Waals surface area contributed by atoms with Crippen molar-refractivity contribution in [3.05, 3.63) is 24.0 Å². The molecule has 3 nitrogen and oxygen atoms in total. The van der Waals surface area contributed by atoms with Gasteiger partial charge in [0.25, 0.3) is 0 Å². The zero-order valence-corrected chi connectivity index (χ0v) is 10.1. The minimum absolute atomic E-state index is 0.230. The minimum atomic E-state index is -0.350. The van der Waals surface area contributed by atoms with E-state index in [0.717, 1.165) is 19.4 Å². The van der Waals surface area contributed by atoms with E-state index in [0.29, 0.717) is 17.8 Å². The van der Waals surface area contributed by atoms with E-state index < -0.39 is 0 Å². The van der Waals surface area contributed by atoms with Crippen LogP contribution in [0.5, 0.6) is 0 Å². The monoisotopic (exact) mass is 238 g/mol. The summed E-state index contributed by atoms with van der Waals surface area (Å²) in [6.45, 7) is 2.62. The van der Waals surface area contributed by atoms with E-state index in [4.69, 9.17) is 5.73 Å². The van der Waals surface area contributed by atoms with Crippen LogP contribution in [-0.4, -0.2) is 23.8 Å². The van der Waals surface area contributed by atoms with E-state index in [2.05, 4.69) is 0 Å². The standard InChI is InChI=1S/C13H19FN2O/c1-9(17)7-11-3-2-6-16(11)13-5-4-10(15)8-12(13)14/h4-5,8-9,11,17H,2-3,6-7,15H2,1H3. The Kier molecular flexibility index (Phi) is 3.52. The number of nitrogens with two attached hydrogens (primary N) is 1. The van der Waals surface area contributed by atoms with Crippen LogP contribution in [0, 0.1) is 5.82 Å². The third-order valence-corrected chi connectivity index (χ3v) is 3.27. The summed E-state index contributed by atoms with van der Waals surface area (Å²) in [6, 6.07) is 5.03. The molecular weight excluding hydrogens is 219 g/mol. The molecule has 17 heavy (non-hydrogen) atoms. The van der Waals surface area contributed by atoms with E-state index in [-0.39, 0.29) is 18.0 Å². The molecule has 3 N–H and O–H groups in total. The highest BCUT2D eigenvalue weighted by molar-refractivity contribution is 5.55. The molecule has 0 aromatic heterocycles. The average molecular weight is 238 g/mol. The number of halogens is 1. The first kappa shape index (κ1) is 12.2. The zero-order chi connectivity index (χ0) is 12.4. The minimum Gasteiger partial charge on any atom is -0.399 e. The maximum Gasteiger partial charge on any atom is 0.148 e. The normalized spacial score (nSPS) is 21.8. The number of benzene rings is 1. The molecule has 2 atom stereocenters. The summed E-state index contributed by atoms with van der Waals surface area (Å²) in [6.07, 6.45) is 2.39. The molecule has 1 aliphatic rings. The lowest BCUT2D eigenvalue weighted by Gasteiger charge is -2.28. The molecule has 4 heteroatoms. The molecule has 1 aliphatic heterocycles. The molecule has 94 valence electrons. The first-order chi connectivity index (χ1) is 8.08. The van der Waals surface area contributed by atoms with Gasteiger partial charge < -0.3 is 15.7 Å². The highest BCUT2D eigenvalue weighted by atomic mass is 19.1. The van der Waals surface area contributed by atoms with Crippen LogP contribution >= 0.6 is 0 Å². The summed E-state index contributed by atoms with van der Waals surface area (Å²) in [5.74, 6) is -0.275. The largest absolute Gasteiger partial charge is 0.399 e. The van der Waals surface area contributed by atoms with Gasteiger partial charge in [-0.25, -0.2) is 4.39 Å². The summed E-state index contributed by atoms with van der Waals surface area (Å²) >= 11 is 0. The predicted octanol–water partition coefficient (Wildman–Crippen LogP) is 2.15. The Balaban J connectivity index is 2.20. The third-order valence-electron chi connectivity index (χ3n) is 3.27. The second-order valence-electron chi connectivity index (χ2n) is 4.79. The van der Waals surface area contributed by atoms with Gasteiger partial charge in [-0.05, 0) is 44.4 Å². The van der Waals surface area contributed by atoms with Crippen molar-refractivity contribution in [2.75, 3.05) is 17.2 Å². The van der Waals surface area contributed by atoms with Crippen LogP contribution in [0.2, 0.25) is 0 Å². The van der Waals surface area contributed by atoms with Crippen LogP contribution in [0.15, 0.2) is 18.2 Å². The van der Waals surface area contributed by atoms with Gasteiger partial charge in [0.1, 0.15) is 5.82 Å². The maximum absolute atomic E-state index is 13.8. The quantitative estimate of drug-likeness (QED) is 0.793. The number of hydrogen-bond acceptors (Lipinski definition) is 3. The van der Waals surface area contributed by atoms with Crippen LogP contribution in [0.1, 0.15) is 26.2 Å². The van der Waals surface area contributed by atoms with Gasteiger partial charge in [0, 0.05) is 18.3 Å². The Morgan fingerprint density at radius 3 is 3.00 bits per heavy atom. The van der Waals surface area contributed by atoms with Gasteiger partial charge in [0.15, 0.2) is 0 Å². The fraction of sp³-hybridized carbons (Fsp3) is 0.538. The molecule has 1 fully saturated rings. The fourth-order valence-corrected chi connectivity index (χ4v) is 2.55. The molecule has 0 radical (unpaired) electrons. The Morgan fingerprint density at radius 2 is 2.35 bits per heavy atom. The van der Waals surface area contributed by atoms with E-state index in [1.54, 1.807) is 19.1 Å². The average Bonchev–Trinajstić information content (AvgIpc) is 2.65. The second kappa shape index (κ2) is 4.92. The number of rotatable bonds is 3. The molecule has 1 heterocycles. The van der Waals surface area contributed by atoms with Crippen LogP contribution in [0.4, 0.5) is 15.8 Å². The fourth-order valence-electron chi connectivity index (χ4n) is 2.55. The van der Waals surface area contributed by atoms with Crippen molar-refractivity contribution in [1.82, 2.24) is 0 Å². The smallest absolute Gasteiger partial charge is 0.148 e. The number of hydrogen-bond donors (Lipinski definition) is 2. The molecule has 0 aliphatic carbocycles. The molecule has 1 saturated heterocycles. The molecule has 0 spiro atoms. The van der Waals surface area contributed by atoms with E-state index >= 15 is 0 Å². The van der Waals surface area contributed by atoms with Crippen LogP contribution in [-0.2, 0) is 0 Å². The highest BCUT2D eigenvalue weighted by Crippen LogP contribution is 2.30. The molecule has 1 aromatic rings. The Hall–Kier alpha value is -1.29. The SMILES string of the molecule is CC(O)CC1CCCN1c1ccc(N)cc1F. The summed E-state index contributed by atoms with van der Waals surface area (Å²) in [5.41, 5.74) is 6.58. The van der Waals surface area contributed by atoms with Gasteiger partial charge in [0.2, 0.25) is 0 Å². The topological polar surface area (TPSA) is 49.5 Å². The summed E-state index contributed by atoms with van der Waals surface area (Å²) < 4.78 is 13.8. The van der Waals surface area contributed by atoms with Crippen molar-refractivity contribution in [3.8, 4) is 0 Å². The Bertz CT molecular complexity index is 395. The molecule has 0 bridgehead atoms. The number of aliphatic hydroxyl groups excluding tert-OH is 1. The number of aliphatic hydroxyl groups is 1. The van der Waals surface area contributed by atoms with Gasteiger partial charge in [-0.3, -0.25) is 0 Å². The lowest BCUT2D eigenvalue weighted by Crippen LogP contribution is -2.32. The Labute approximate surface area is 101 Å². The maximum atomic E-state index is 13.8. The van der Waals surface area contributed by atoms with Crippen molar-refractivity contribution in [2.24, 2.45) is 0 Å². The lowest BCUT2D eigenvalue weighted by atomic mass is 10.1. The van der Waals surface area contributed by atoms with Gasteiger partial charge >= 0.3 is 0 Å². The predicted molar refractivity (Wildman–Crippen MR) is 67.5 cm³/mol. The van der Waals surface area contributed by atoms with Crippen molar-refractivity contribution < 1.29 is 9.50 Å². The molecule has 2 unspecified atom stereocenters. The molecule has 0 saturated carbocycles. The molecule has 2 rings (SSSR count). The molecule has 0 amide bonds. The first-order valence-corrected chi connectivity index (χ1v) is 6.07. The van der Waals surface area contributed by atoms with Crippen LogP contribution in [0.3, 0.4) is 0 Å². The molecular formula is C13H19FN2O. The van der Waals surface area contributed by atoms with Crippen LogP contribution in [0.25, 0.3) is 0 Å². The summed E-state index contributed by atoms with van der Waals surface area (Å²) in [4.78, 5) is 2.04. The van der Waals surface area contributed by atoms with Gasteiger partial charge in [0.05, 0.1) is 11.8 Å². The van der Waals surface area contributed by atoms with Gasteiger partial charge in [-0.2, -0.15) is 0 Å². The third kappa shape index (κ3) is 2.69. The molecule has 1 aromatic carbocycles. The van der Waals surface area contributed by atoms with Gasteiger partial charge in [-0.15, -0.1) is 0 Å². The van der Waals surface area contributed by atoms with Crippen molar-refractivity contribution >= 4 is 11.4 Å². The number of nitrogen functional groups attached to an aromatic ring is 1. The van der Waals surface area contributed by atoms with E-state index in [1.165, 1.54) is 6.07 Å².